The standard InChI is InChI=1S/C12H16O2.C2H6/c1-7-5-10-11(14-7)8-3-4-9(6-8)12(10,2)13;1-2/h5,8-9,13H,3-4,6H2,1-2H3;1-2H3. The first-order valence-corrected chi connectivity index (χ1v) is 6.42. The van der Waals surface area contributed by atoms with E-state index in [0.717, 1.165) is 29.9 Å². The third-order valence-electron chi connectivity index (χ3n) is 4.03. The van der Waals surface area contributed by atoms with Gasteiger partial charge in [0.2, 0.25) is 0 Å². The quantitative estimate of drug-likeness (QED) is 0.725. The first-order valence-electron chi connectivity index (χ1n) is 6.42. The van der Waals surface area contributed by atoms with Crippen molar-refractivity contribution in [3.05, 3.63) is 23.2 Å². The minimum absolute atomic E-state index is 0.442. The molecule has 0 aromatic carbocycles. The number of aliphatic hydroxyl groups is 1. The summed E-state index contributed by atoms with van der Waals surface area (Å²) >= 11 is 0. The van der Waals surface area contributed by atoms with Crippen molar-refractivity contribution in [3.8, 4) is 0 Å². The van der Waals surface area contributed by atoms with Gasteiger partial charge in [-0.3, -0.25) is 0 Å². The number of hydrogen-bond donors (Lipinski definition) is 1. The van der Waals surface area contributed by atoms with Crippen LogP contribution in [0.5, 0.6) is 0 Å². The second-order valence-corrected chi connectivity index (χ2v) is 4.99. The molecule has 1 aromatic rings. The van der Waals surface area contributed by atoms with Crippen molar-refractivity contribution in [1.82, 2.24) is 0 Å². The molecular weight excluding hydrogens is 200 g/mol. The lowest BCUT2D eigenvalue weighted by Gasteiger charge is -2.33. The summed E-state index contributed by atoms with van der Waals surface area (Å²) in [6.45, 7) is 7.90. The zero-order valence-corrected chi connectivity index (χ0v) is 10.7. The minimum Gasteiger partial charge on any atom is -0.466 e. The minimum atomic E-state index is -0.653. The van der Waals surface area contributed by atoms with Gasteiger partial charge in [0, 0.05) is 11.5 Å². The molecule has 2 nitrogen and oxygen atoms in total. The Morgan fingerprint density at radius 3 is 2.75 bits per heavy atom. The van der Waals surface area contributed by atoms with Gasteiger partial charge in [-0.25, -0.2) is 0 Å². The van der Waals surface area contributed by atoms with Gasteiger partial charge in [0.25, 0.3) is 0 Å². The number of rotatable bonds is 0. The zero-order valence-electron chi connectivity index (χ0n) is 10.7. The maximum absolute atomic E-state index is 10.5. The molecule has 0 amide bonds. The molecule has 3 rings (SSSR count). The van der Waals surface area contributed by atoms with Gasteiger partial charge in [0.05, 0.1) is 5.60 Å². The molecule has 90 valence electrons. The lowest BCUT2D eigenvalue weighted by molar-refractivity contribution is -0.0115. The predicted octanol–water partition coefficient (Wildman–Crippen LogP) is 3.72. The van der Waals surface area contributed by atoms with E-state index in [4.69, 9.17) is 4.42 Å². The van der Waals surface area contributed by atoms with Crippen molar-refractivity contribution in [2.45, 2.75) is 58.5 Å². The first kappa shape index (κ1) is 11.7. The van der Waals surface area contributed by atoms with Crippen molar-refractivity contribution < 1.29 is 9.52 Å². The highest BCUT2D eigenvalue weighted by molar-refractivity contribution is 5.35. The van der Waals surface area contributed by atoms with E-state index < -0.39 is 5.60 Å². The molecule has 1 saturated carbocycles. The summed E-state index contributed by atoms with van der Waals surface area (Å²) in [6.07, 6.45) is 3.43. The van der Waals surface area contributed by atoms with Crippen LogP contribution in [0.25, 0.3) is 0 Å². The molecule has 1 fully saturated rings. The van der Waals surface area contributed by atoms with Crippen LogP contribution in [-0.4, -0.2) is 5.11 Å². The van der Waals surface area contributed by atoms with Crippen LogP contribution in [0, 0.1) is 12.8 Å². The molecule has 2 bridgehead atoms. The van der Waals surface area contributed by atoms with Crippen molar-refractivity contribution in [3.63, 3.8) is 0 Å². The van der Waals surface area contributed by atoms with Crippen LogP contribution < -0.4 is 0 Å². The summed E-state index contributed by atoms with van der Waals surface area (Å²) in [5, 5.41) is 10.5. The Labute approximate surface area is 97.7 Å². The van der Waals surface area contributed by atoms with Gasteiger partial charge in [0.1, 0.15) is 11.5 Å². The highest BCUT2D eigenvalue weighted by Crippen LogP contribution is 2.54. The Morgan fingerprint density at radius 1 is 1.38 bits per heavy atom. The van der Waals surface area contributed by atoms with Crippen LogP contribution in [-0.2, 0) is 5.60 Å². The molecule has 1 aromatic heterocycles. The Hall–Kier alpha value is -0.760. The third-order valence-corrected chi connectivity index (χ3v) is 4.03. The van der Waals surface area contributed by atoms with E-state index >= 15 is 0 Å². The molecule has 3 atom stereocenters. The van der Waals surface area contributed by atoms with Gasteiger partial charge in [-0.05, 0) is 45.1 Å². The summed E-state index contributed by atoms with van der Waals surface area (Å²) in [5.74, 6) is 3.00. The van der Waals surface area contributed by atoms with Crippen molar-refractivity contribution in [1.29, 1.82) is 0 Å². The summed E-state index contributed by atoms with van der Waals surface area (Å²) in [6, 6.07) is 2.01. The van der Waals surface area contributed by atoms with E-state index in [2.05, 4.69) is 0 Å². The summed E-state index contributed by atoms with van der Waals surface area (Å²) in [5.41, 5.74) is 0.397. The molecule has 2 heteroatoms. The molecule has 16 heavy (non-hydrogen) atoms. The monoisotopic (exact) mass is 222 g/mol. The molecule has 2 aliphatic rings. The van der Waals surface area contributed by atoms with Crippen molar-refractivity contribution >= 4 is 0 Å². The Morgan fingerprint density at radius 2 is 2.06 bits per heavy atom. The Bertz CT molecular complexity index is 376. The lowest BCUT2D eigenvalue weighted by atomic mass is 9.76. The molecular formula is C14H22O2. The fourth-order valence-corrected chi connectivity index (χ4v) is 3.18. The average molecular weight is 222 g/mol. The maximum Gasteiger partial charge on any atom is 0.113 e. The van der Waals surface area contributed by atoms with Crippen LogP contribution in [0.3, 0.4) is 0 Å². The summed E-state index contributed by atoms with van der Waals surface area (Å²) in [4.78, 5) is 0. The topological polar surface area (TPSA) is 33.4 Å². The number of hydrogen-bond acceptors (Lipinski definition) is 2. The average Bonchev–Trinajstić information content (AvgIpc) is 2.84. The third kappa shape index (κ3) is 1.51. The predicted molar refractivity (Wildman–Crippen MR) is 64.4 cm³/mol. The zero-order chi connectivity index (χ0) is 11.9. The largest absolute Gasteiger partial charge is 0.466 e. The highest BCUT2D eigenvalue weighted by Gasteiger charge is 2.48. The van der Waals surface area contributed by atoms with Crippen LogP contribution in [0.15, 0.2) is 10.5 Å². The first-order chi connectivity index (χ1) is 7.59. The second-order valence-electron chi connectivity index (χ2n) is 4.99. The highest BCUT2D eigenvalue weighted by atomic mass is 16.3. The van der Waals surface area contributed by atoms with Gasteiger partial charge in [-0.15, -0.1) is 0 Å². The van der Waals surface area contributed by atoms with Crippen LogP contribution in [0.1, 0.15) is 63.0 Å². The molecule has 1 heterocycles. The van der Waals surface area contributed by atoms with E-state index in [0.29, 0.717) is 11.8 Å². The number of fused-ring (bicyclic) bond motifs is 4. The SMILES string of the molecule is CC.Cc1cc2c(o1)C1CCC(C1)C2(C)O. The van der Waals surface area contributed by atoms with Crippen molar-refractivity contribution in [2.24, 2.45) is 5.92 Å². The van der Waals surface area contributed by atoms with E-state index in [1.165, 1.54) is 6.42 Å². The summed E-state index contributed by atoms with van der Waals surface area (Å²) in [7, 11) is 0. The molecule has 3 unspecified atom stereocenters. The summed E-state index contributed by atoms with van der Waals surface area (Å²) < 4.78 is 5.71. The van der Waals surface area contributed by atoms with Gasteiger partial charge in [-0.1, -0.05) is 13.8 Å². The molecule has 0 spiro atoms. The van der Waals surface area contributed by atoms with Gasteiger partial charge < -0.3 is 9.52 Å². The van der Waals surface area contributed by atoms with Gasteiger partial charge in [0.15, 0.2) is 0 Å². The Kier molecular flexibility index (Phi) is 2.87. The Balaban J connectivity index is 0.000000457. The van der Waals surface area contributed by atoms with Gasteiger partial charge >= 0.3 is 0 Å². The van der Waals surface area contributed by atoms with E-state index in [9.17, 15) is 5.11 Å². The fourth-order valence-electron chi connectivity index (χ4n) is 3.18. The molecule has 0 saturated heterocycles. The van der Waals surface area contributed by atoms with Gasteiger partial charge in [-0.2, -0.15) is 0 Å². The fraction of sp³-hybridized carbons (Fsp3) is 0.714. The lowest BCUT2D eigenvalue weighted by Crippen LogP contribution is -2.33. The van der Waals surface area contributed by atoms with Crippen LogP contribution >= 0.6 is 0 Å². The van der Waals surface area contributed by atoms with E-state index in [-0.39, 0.29) is 0 Å². The van der Waals surface area contributed by atoms with E-state index in [1.54, 1.807) is 0 Å². The molecule has 2 aliphatic carbocycles. The molecule has 1 N–H and O–H groups in total. The maximum atomic E-state index is 10.5. The smallest absolute Gasteiger partial charge is 0.113 e. The number of aryl methyl sites for hydroxylation is 1. The van der Waals surface area contributed by atoms with Crippen LogP contribution in [0.4, 0.5) is 0 Å². The number of furan rings is 1. The second kappa shape index (κ2) is 3.92. The molecule has 0 aliphatic heterocycles. The van der Waals surface area contributed by atoms with E-state index in [1.807, 2.05) is 33.8 Å². The van der Waals surface area contributed by atoms with Crippen molar-refractivity contribution in [2.75, 3.05) is 0 Å². The van der Waals surface area contributed by atoms with Crippen LogP contribution in [0.2, 0.25) is 0 Å². The molecule has 0 radical (unpaired) electrons. The normalized spacial score (nSPS) is 35.3.